The summed E-state index contributed by atoms with van der Waals surface area (Å²) in [4.78, 5) is 24.7. The molecule has 0 aromatic carbocycles. The highest BCUT2D eigenvalue weighted by molar-refractivity contribution is 7.90. The maximum atomic E-state index is 12.2. The Bertz CT molecular complexity index is 454. The molecular formula is C11H19NO6S. The van der Waals surface area contributed by atoms with E-state index in [2.05, 4.69) is 0 Å². The van der Waals surface area contributed by atoms with Crippen LogP contribution in [0, 0.1) is 5.41 Å². The van der Waals surface area contributed by atoms with Crippen LogP contribution in [0.3, 0.4) is 0 Å². The van der Waals surface area contributed by atoms with E-state index < -0.39 is 27.1 Å². The number of esters is 1. The van der Waals surface area contributed by atoms with Gasteiger partial charge in [-0.2, -0.15) is 0 Å². The number of hydrogen-bond donors (Lipinski definition) is 0. The Morgan fingerprint density at radius 1 is 1.37 bits per heavy atom. The minimum atomic E-state index is -3.30. The average Bonchev–Trinajstić information content (AvgIpc) is 2.21. The molecule has 0 N–H and O–H groups in total. The lowest BCUT2D eigenvalue weighted by Gasteiger charge is -2.41. The first-order chi connectivity index (χ1) is 8.70. The highest BCUT2D eigenvalue weighted by Gasteiger charge is 2.49. The molecule has 1 aliphatic rings. The zero-order chi connectivity index (χ0) is 14.7. The number of carbonyl (C=O) groups is 2. The van der Waals surface area contributed by atoms with Crippen molar-refractivity contribution >= 4 is 21.7 Å². The third kappa shape index (κ3) is 4.17. The Morgan fingerprint density at radius 2 is 1.95 bits per heavy atom. The molecule has 0 aliphatic carbocycles. The van der Waals surface area contributed by atoms with Gasteiger partial charge in [0.15, 0.2) is 0 Å². The summed E-state index contributed by atoms with van der Waals surface area (Å²) in [6.45, 7) is 1.83. The van der Waals surface area contributed by atoms with Gasteiger partial charge in [-0.05, 0) is 6.92 Å². The monoisotopic (exact) mass is 293 g/mol. The van der Waals surface area contributed by atoms with Crippen LogP contribution in [0.5, 0.6) is 0 Å². The molecule has 0 unspecified atom stereocenters. The van der Waals surface area contributed by atoms with E-state index in [1.54, 1.807) is 6.92 Å². The van der Waals surface area contributed by atoms with Gasteiger partial charge in [0.2, 0.25) is 5.91 Å². The molecule has 7 nitrogen and oxygen atoms in total. The van der Waals surface area contributed by atoms with Gasteiger partial charge in [-0.1, -0.05) is 0 Å². The van der Waals surface area contributed by atoms with E-state index in [0.717, 1.165) is 6.26 Å². The van der Waals surface area contributed by atoms with Crippen molar-refractivity contribution in [2.24, 2.45) is 5.41 Å². The fourth-order valence-electron chi connectivity index (χ4n) is 2.00. The normalized spacial score (nSPS) is 17.4. The molecule has 0 bridgehead atoms. The lowest BCUT2D eigenvalue weighted by Crippen LogP contribution is -2.58. The topological polar surface area (TPSA) is 90.0 Å². The summed E-state index contributed by atoms with van der Waals surface area (Å²) in [7, 11) is -1.86. The molecule has 8 heteroatoms. The van der Waals surface area contributed by atoms with E-state index in [-0.39, 0.29) is 32.1 Å². The van der Waals surface area contributed by atoms with Crippen LogP contribution in [0.15, 0.2) is 0 Å². The predicted molar refractivity (Wildman–Crippen MR) is 67.2 cm³/mol. The second kappa shape index (κ2) is 5.87. The number of carbonyl (C=O) groups excluding carboxylic acids is 2. The molecule has 1 heterocycles. The summed E-state index contributed by atoms with van der Waals surface area (Å²) in [5, 5.41) is 0. The van der Waals surface area contributed by atoms with Crippen LogP contribution < -0.4 is 0 Å². The van der Waals surface area contributed by atoms with Gasteiger partial charge in [-0.3, -0.25) is 9.59 Å². The molecule has 1 amide bonds. The smallest absolute Gasteiger partial charge is 0.325 e. The van der Waals surface area contributed by atoms with Crippen molar-refractivity contribution in [3.05, 3.63) is 0 Å². The van der Waals surface area contributed by atoms with Gasteiger partial charge in [0.1, 0.15) is 21.8 Å². The minimum Gasteiger partial charge on any atom is -0.465 e. The molecule has 0 saturated carbocycles. The van der Waals surface area contributed by atoms with Gasteiger partial charge in [-0.15, -0.1) is 0 Å². The molecule has 0 aromatic rings. The second-order valence-corrected chi connectivity index (χ2v) is 6.95. The van der Waals surface area contributed by atoms with E-state index in [1.807, 2.05) is 0 Å². The van der Waals surface area contributed by atoms with Crippen LogP contribution in [-0.4, -0.2) is 70.6 Å². The molecule has 1 saturated heterocycles. The minimum absolute atomic E-state index is 0.0616. The number of amides is 1. The lowest BCUT2D eigenvalue weighted by atomic mass is 9.86. The predicted octanol–water partition coefficient (Wildman–Crippen LogP) is -0.931. The van der Waals surface area contributed by atoms with Crippen molar-refractivity contribution < 1.29 is 27.5 Å². The first-order valence-corrected chi connectivity index (χ1v) is 7.93. The van der Waals surface area contributed by atoms with E-state index in [4.69, 9.17) is 9.47 Å². The Labute approximate surface area is 112 Å². The SMILES string of the molecule is CCOC(=O)CN(C)C(=O)C1(CS(C)(=O)=O)COC1. The van der Waals surface area contributed by atoms with Gasteiger partial charge in [-0.25, -0.2) is 8.42 Å². The highest BCUT2D eigenvalue weighted by atomic mass is 32.2. The quantitative estimate of drug-likeness (QED) is 0.588. The second-order valence-electron chi connectivity index (χ2n) is 4.81. The Kier molecular flexibility index (Phi) is 4.92. The van der Waals surface area contributed by atoms with Crippen molar-refractivity contribution in [1.82, 2.24) is 4.90 Å². The van der Waals surface area contributed by atoms with Crippen molar-refractivity contribution in [2.75, 3.05) is 45.4 Å². The van der Waals surface area contributed by atoms with Crippen LogP contribution in [-0.2, 0) is 28.9 Å². The average molecular weight is 293 g/mol. The molecular weight excluding hydrogens is 274 g/mol. The van der Waals surface area contributed by atoms with E-state index in [1.165, 1.54) is 11.9 Å². The largest absolute Gasteiger partial charge is 0.465 e. The van der Waals surface area contributed by atoms with Crippen molar-refractivity contribution in [1.29, 1.82) is 0 Å². The molecule has 19 heavy (non-hydrogen) atoms. The van der Waals surface area contributed by atoms with Gasteiger partial charge in [0.25, 0.3) is 0 Å². The number of hydrogen-bond acceptors (Lipinski definition) is 6. The van der Waals surface area contributed by atoms with Gasteiger partial charge in [0.05, 0.1) is 25.6 Å². The van der Waals surface area contributed by atoms with E-state index >= 15 is 0 Å². The highest BCUT2D eigenvalue weighted by Crippen LogP contribution is 2.31. The van der Waals surface area contributed by atoms with Crippen LogP contribution in [0.4, 0.5) is 0 Å². The summed E-state index contributed by atoms with van der Waals surface area (Å²) in [5.41, 5.74) is -1.06. The Balaban J connectivity index is 2.71. The van der Waals surface area contributed by atoms with Crippen molar-refractivity contribution in [3.63, 3.8) is 0 Å². The summed E-state index contributed by atoms with van der Waals surface area (Å²) in [5.74, 6) is -1.20. The fraction of sp³-hybridized carbons (Fsp3) is 0.818. The Morgan fingerprint density at radius 3 is 2.32 bits per heavy atom. The number of rotatable bonds is 6. The molecule has 0 radical (unpaired) electrons. The molecule has 0 atom stereocenters. The number of ether oxygens (including phenoxy) is 2. The Hall–Kier alpha value is -1.15. The van der Waals surface area contributed by atoms with E-state index in [9.17, 15) is 18.0 Å². The van der Waals surface area contributed by atoms with Gasteiger partial charge < -0.3 is 14.4 Å². The summed E-state index contributed by atoms with van der Waals surface area (Å²) in [6.07, 6.45) is 1.08. The molecule has 0 spiro atoms. The summed E-state index contributed by atoms with van der Waals surface area (Å²) < 4.78 is 32.5. The van der Waals surface area contributed by atoms with Crippen LogP contribution >= 0.6 is 0 Å². The first-order valence-electron chi connectivity index (χ1n) is 5.87. The number of likely N-dealkylation sites (N-methyl/N-ethyl adjacent to an activating group) is 1. The lowest BCUT2D eigenvalue weighted by molar-refractivity contribution is -0.169. The van der Waals surface area contributed by atoms with E-state index in [0.29, 0.717) is 0 Å². The summed E-state index contributed by atoms with van der Waals surface area (Å²) in [6, 6.07) is 0. The van der Waals surface area contributed by atoms with Crippen molar-refractivity contribution in [3.8, 4) is 0 Å². The molecule has 0 aromatic heterocycles. The van der Waals surface area contributed by atoms with Crippen LogP contribution in [0.2, 0.25) is 0 Å². The molecule has 1 rings (SSSR count). The van der Waals surface area contributed by atoms with Crippen LogP contribution in [0.25, 0.3) is 0 Å². The van der Waals surface area contributed by atoms with Gasteiger partial charge >= 0.3 is 5.97 Å². The van der Waals surface area contributed by atoms with Crippen molar-refractivity contribution in [2.45, 2.75) is 6.92 Å². The maximum Gasteiger partial charge on any atom is 0.325 e. The number of nitrogens with zero attached hydrogens (tertiary/aromatic N) is 1. The molecule has 110 valence electrons. The third-order valence-electron chi connectivity index (χ3n) is 2.77. The summed E-state index contributed by atoms with van der Waals surface area (Å²) >= 11 is 0. The van der Waals surface area contributed by atoms with Gasteiger partial charge in [0, 0.05) is 13.3 Å². The third-order valence-corrected chi connectivity index (χ3v) is 3.84. The first kappa shape index (κ1) is 15.9. The van der Waals surface area contributed by atoms with Crippen LogP contribution in [0.1, 0.15) is 6.92 Å². The zero-order valence-electron chi connectivity index (χ0n) is 11.3. The molecule has 1 aliphatic heterocycles. The maximum absolute atomic E-state index is 12.2. The molecule has 1 fully saturated rings. The standard InChI is InChI=1S/C11H19NO6S/c1-4-18-9(13)5-12(2)10(14)11(6-17-7-11)8-19(3,15)16/h4-8H2,1-3H3. The number of sulfone groups is 1. The zero-order valence-corrected chi connectivity index (χ0v) is 12.2. The fourth-order valence-corrected chi connectivity index (χ4v) is 3.29.